The number of fused-ring (bicyclic) bond motifs is 8. The zero-order valence-corrected chi connectivity index (χ0v) is 34.4. The van der Waals surface area contributed by atoms with Crippen LogP contribution in [0.1, 0.15) is 118 Å². The van der Waals surface area contributed by atoms with Gasteiger partial charge >= 0.3 is 0 Å². The van der Waals surface area contributed by atoms with Crippen molar-refractivity contribution in [3.63, 3.8) is 0 Å². The largest absolute Gasteiger partial charge is 0.311 e. The van der Waals surface area contributed by atoms with Gasteiger partial charge in [-0.2, -0.15) is 0 Å². The number of rotatable bonds is 4. The third kappa shape index (κ3) is 4.99. The van der Waals surface area contributed by atoms with Crippen molar-refractivity contribution in [1.29, 1.82) is 0 Å². The Labute approximate surface area is 330 Å². The summed E-state index contributed by atoms with van der Waals surface area (Å²) in [6, 6.07) is 42.9. The van der Waals surface area contributed by atoms with Crippen LogP contribution in [0, 0.1) is 6.92 Å². The minimum absolute atomic E-state index is 0.0706. The molecule has 0 bridgehead atoms. The molecule has 0 fully saturated rings. The molecule has 0 amide bonds. The second kappa shape index (κ2) is 11.6. The molecule has 0 aromatic heterocycles. The summed E-state index contributed by atoms with van der Waals surface area (Å²) in [7, 11) is 0.929. The molecule has 10 rings (SSSR count). The van der Waals surface area contributed by atoms with Crippen LogP contribution >= 0.6 is 0 Å². The standard InChI is InChI=1S/C53H54BN/c1-32-27-38(48-47(28-32)55-46-20-13-12-17-41(46)53(8,9)42-18-14-19-45(54-48)49(42)55)36-31-43-37(35-15-10-11-16-39(35)52(43,6)7)30-34(36)23-21-33-22-24-40-44(29-33)51(4,5)26-25-50(40,2)3/h10-20,22,24,27-31,54H,21,23,25-26H2,1-9H3. The van der Waals surface area contributed by atoms with E-state index in [0.29, 0.717) is 0 Å². The molecule has 0 unspecified atom stereocenters. The van der Waals surface area contributed by atoms with Gasteiger partial charge in [0.05, 0.1) is 5.69 Å². The molecule has 0 N–H and O–H groups in total. The Balaban J connectivity index is 1.16. The second-order valence-electron chi connectivity index (χ2n) is 19.7. The molecule has 2 aliphatic heterocycles. The zero-order chi connectivity index (χ0) is 38.2. The first-order chi connectivity index (χ1) is 26.2. The van der Waals surface area contributed by atoms with Gasteiger partial charge in [0.25, 0.3) is 0 Å². The van der Waals surface area contributed by atoms with Crippen LogP contribution in [0.3, 0.4) is 0 Å². The van der Waals surface area contributed by atoms with E-state index in [1.165, 1.54) is 102 Å². The van der Waals surface area contributed by atoms with E-state index in [0.717, 1.165) is 20.1 Å². The molecule has 2 heteroatoms. The van der Waals surface area contributed by atoms with Crippen LogP contribution in [-0.4, -0.2) is 7.28 Å². The van der Waals surface area contributed by atoms with Gasteiger partial charge in [0.2, 0.25) is 0 Å². The fourth-order valence-electron chi connectivity index (χ4n) is 11.1. The Hall–Kier alpha value is -4.82. The molecule has 0 atom stereocenters. The van der Waals surface area contributed by atoms with Gasteiger partial charge in [-0.05, 0) is 139 Å². The lowest BCUT2D eigenvalue weighted by Gasteiger charge is -2.46. The number of para-hydroxylation sites is 2. The quantitative estimate of drug-likeness (QED) is 0.164. The van der Waals surface area contributed by atoms with Crippen molar-refractivity contribution >= 4 is 35.3 Å². The molecule has 4 aliphatic rings. The highest BCUT2D eigenvalue weighted by atomic mass is 15.2. The van der Waals surface area contributed by atoms with Gasteiger partial charge in [0, 0.05) is 22.2 Å². The summed E-state index contributed by atoms with van der Waals surface area (Å²) in [6.45, 7) is 21.7. The van der Waals surface area contributed by atoms with Crippen LogP contribution in [-0.2, 0) is 34.5 Å². The number of hydrogen-bond acceptors (Lipinski definition) is 1. The zero-order valence-electron chi connectivity index (χ0n) is 34.4. The number of hydrogen-bond donors (Lipinski definition) is 0. The molecule has 0 saturated heterocycles. The molecule has 0 saturated carbocycles. The molecular formula is C53H54BN. The third-order valence-corrected chi connectivity index (χ3v) is 14.5. The average Bonchev–Trinajstić information content (AvgIpc) is 3.39. The second-order valence-corrected chi connectivity index (χ2v) is 19.7. The van der Waals surface area contributed by atoms with Crippen LogP contribution in [0.4, 0.5) is 17.1 Å². The van der Waals surface area contributed by atoms with Crippen molar-refractivity contribution in [3.05, 3.63) is 159 Å². The van der Waals surface area contributed by atoms with E-state index in [1.807, 2.05) is 0 Å². The van der Waals surface area contributed by atoms with Crippen LogP contribution in [0.5, 0.6) is 0 Å². The van der Waals surface area contributed by atoms with Crippen molar-refractivity contribution in [2.24, 2.45) is 0 Å². The number of anilines is 3. The molecule has 6 aromatic carbocycles. The van der Waals surface area contributed by atoms with Crippen molar-refractivity contribution in [2.45, 2.75) is 110 Å². The van der Waals surface area contributed by atoms with E-state index in [-0.39, 0.29) is 21.7 Å². The highest BCUT2D eigenvalue weighted by Crippen LogP contribution is 2.54. The molecule has 2 aliphatic carbocycles. The Kier molecular flexibility index (Phi) is 7.32. The van der Waals surface area contributed by atoms with Crippen molar-refractivity contribution < 1.29 is 0 Å². The smallest absolute Gasteiger partial charge is 0.198 e. The van der Waals surface area contributed by atoms with Crippen LogP contribution in [0.25, 0.3) is 22.3 Å². The van der Waals surface area contributed by atoms with Gasteiger partial charge in [-0.1, -0.05) is 152 Å². The number of benzene rings is 6. The topological polar surface area (TPSA) is 3.24 Å². The van der Waals surface area contributed by atoms with Crippen LogP contribution in [0.2, 0.25) is 0 Å². The van der Waals surface area contributed by atoms with Crippen LogP contribution < -0.4 is 15.8 Å². The Morgan fingerprint density at radius 3 is 2.00 bits per heavy atom. The van der Waals surface area contributed by atoms with Gasteiger partial charge in [-0.25, -0.2) is 0 Å². The first kappa shape index (κ1) is 34.7. The van der Waals surface area contributed by atoms with E-state index < -0.39 is 0 Å². The Morgan fingerprint density at radius 2 is 1.20 bits per heavy atom. The Morgan fingerprint density at radius 1 is 0.509 bits per heavy atom. The summed E-state index contributed by atoms with van der Waals surface area (Å²) in [5, 5.41) is 0. The van der Waals surface area contributed by atoms with Gasteiger partial charge in [-0.15, -0.1) is 0 Å². The molecule has 0 spiro atoms. The molecule has 274 valence electrons. The lowest BCUT2D eigenvalue weighted by Crippen LogP contribution is -2.45. The maximum absolute atomic E-state index is 2.61. The van der Waals surface area contributed by atoms with Crippen molar-refractivity contribution in [2.75, 3.05) is 4.90 Å². The van der Waals surface area contributed by atoms with Gasteiger partial charge in [0.15, 0.2) is 7.28 Å². The van der Waals surface area contributed by atoms with Crippen molar-refractivity contribution in [3.8, 4) is 22.3 Å². The molecule has 1 nitrogen and oxygen atoms in total. The van der Waals surface area contributed by atoms with E-state index in [1.54, 1.807) is 11.1 Å². The van der Waals surface area contributed by atoms with Gasteiger partial charge in [-0.3, -0.25) is 0 Å². The Bertz CT molecular complexity index is 2600. The SMILES string of the molecule is Cc1cc(-c2cc3c(cc2CCc2ccc4c(c2)C(C)(C)CCC4(C)C)-c2ccccc2C3(C)C)c2c(c1)N1c3ccccc3C(C)(C)c3cccc(c31)B2. The monoisotopic (exact) mass is 715 g/mol. The van der Waals surface area contributed by atoms with Crippen molar-refractivity contribution in [1.82, 2.24) is 0 Å². The third-order valence-electron chi connectivity index (χ3n) is 14.5. The van der Waals surface area contributed by atoms with Gasteiger partial charge < -0.3 is 4.90 Å². The first-order valence-corrected chi connectivity index (χ1v) is 20.7. The van der Waals surface area contributed by atoms with E-state index in [9.17, 15) is 0 Å². The highest BCUT2D eigenvalue weighted by molar-refractivity contribution is 6.73. The normalized spacial score (nSPS) is 18.2. The minimum atomic E-state index is -0.0714. The van der Waals surface area contributed by atoms with E-state index >= 15 is 0 Å². The first-order valence-electron chi connectivity index (χ1n) is 20.7. The summed E-state index contributed by atoms with van der Waals surface area (Å²) in [5.74, 6) is 0. The van der Waals surface area contributed by atoms with E-state index in [4.69, 9.17) is 0 Å². The highest BCUT2D eigenvalue weighted by Gasteiger charge is 2.42. The predicted octanol–water partition coefficient (Wildman–Crippen LogP) is 11.9. The maximum Gasteiger partial charge on any atom is 0.198 e. The molecular weight excluding hydrogens is 661 g/mol. The molecule has 55 heavy (non-hydrogen) atoms. The van der Waals surface area contributed by atoms with E-state index in [2.05, 4.69) is 176 Å². The number of aryl methyl sites for hydroxylation is 3. The lowest BCUT2D eigenvalue weighted by atomic mass is 9.55. The summed E-state index contributed by atoms with van der Waals surface area (Å²) in [6.07, 6.45) is 4.51. The maximum atomic E-state index is 2.61. The molecule has 6 aromatic rings. The fraction of sp³-hybridized carbons (Fsp3) is 0.321. The summed E-state index contributed by atoms with van der Waals surface area (Å²) < 4.78 is 0. The molecule has 2 heterocycles. The number of nitrogens with zero attached hydrogens (tertiary/aromatic N) is 1. The summed E-state index contributed by atoms with van der Waals surface area (Å²) >= 11 is 0. The lowest BCUT2D eigenvalue weighted by molar-refractivity contribution is 0.331. The predicted molar refractivity (Wildman–Crippen MR) is 237 cm³/mol. The molecule has 0 radical (unpaired) electrons. The van der Waals surface area contributed by atoms with Crippen LogP contribution in [0.15, 0.2) is 109 Å². The fourth-order valence-corrected chi connectivity index (χ4v) is 11.1. The summed E-state index contributed by atoms with van der Waals surface area (Å²) in [5.41, 5.74) is 25.8. The minimum Gasteiger partial charge on any atom is -0.311 e. The average molecular weight is 716 g/mol. The van der Waals surface area contributed by atoms with Gasteiger partial charge in [0.1, 0.15) is 0 Å². The summed E-state index contributed by atoms with van der Waals surface area (Å²) in [4.78, 5) is 2.61.